The van der Waals surface area contributed by atoms with Gasteiger partial charge >= 0.3 is 0 Å². The van der Waals surface area contributed by atoms with Crippen molar-refractivity contribution in [2.45, 2.75) is 0 Å². The van der Waals surface area contributed by atoms with Crippen LogP contribution in [0.3, 0.4) is 0 Å². The molecule has 0 aromatic carbocycles. The third kappa shape index (κ3) is 0.699. The average molecular weight is 135 g/mol. The Morgan fingerprint density at radius 1 is 1.50 bits per heavy atom. The SMILES string of the molecule is C1=Cc2ncncc2ON1. The van der Waals surface area contributed by atoms with Gasteiger partial charge in [0.15, 0.2) is 5.75 Å². The summed E-state index contributed by atoms with van der Waals surface area (Å²) in [6.45, 7) is 0. The van der Waals surface area contributed by atoms with Crippen LogP contribution in [-0.4, -0.2) is 9.97 Å². The summed E-state index contributed by atoms with van der Waals surface area (Å²) >= 11 is 0. The Morgan fingerprint density at radius 3 is 3.40 bits per heavy atom. The van der Waals surface area contributed by atoms with E-state index in [0.717, 1.165) is 5.69 Å². The maximum atomic E-state index is 4.96. The van der Waals surface area contributed by atoms with E-state index in [1.54, 1.807) is 12.4 Å². The highest BCUT2D eigenvalue weighted by Gasteiger charge is 2.04. The molecule has 2 heterocycles. The second-order valence-electron chi connectivity index (χ2n) is 1.83. The van der Waals surface area contributed by atoms with Crippen LogP contribution >= 0.6 is 0 Å². The lowest BCUT2D eigenvalue weighted by Crippen LogP contribution is -2.14. The van der Waals surface area contributed by atoms with Crippen LogP contribution in [0.1, 0.15) is 5.69 Å². The lowest BCUT2D eigenvalue weighted by Gasteiger charge is -2.09. The fourth-order valence-corrected chi connectivity index (χ4v) is 0.741. The van der Waals surface area contributed by atoms with E-state index in [1.807, 2.05) is 6.08 Å². The van der Waals surface area contributed by atoms with Crippen LogP contribution in [0, 0.1) is 0 Å². The molecule has 0 bridgehead atoms. The Balaban J connectivity index is 2.54. The summed E-state index contributed by atoms with van der Waals surface area (Å²) < 4.78 is 0. The number of hydrogen-bond donors (Lipinski definition) is 1. The molecule has 4 nitrogen and oxygen atoms in total. The first kappa shape index (κ1) is 5.22. The van der Waals surface area contributed by atoms with Crippen molar-refractivity contribution in [2.75, 3.05) is 0 Å². The molecule has 0 amide bonds. The van der Waals surface area contributed by atoms with E-state index in [1.165, 1.54) is 6.33 Å². The normalized spacial score (nSPS) is 13.2. The van der Waals surface area contributed by atoms with Crippen LogP contribution < -0.4 is 10.3 Å². The minimum Gasteiger partial charge on any atom is -0.379 e. The van der Waals surface area contributed by atoms with Crippen molar-refractivity contribution in [1.82, 2.24) is 15.4 Å². The molecule has 1 aromatic rings. The number of fused-ring (bicyclic) bond motifs is 1. The molecule has 1 N–H and O–H groups in total. The molecule has 0 unspecified atom stereocenters. The van der Waals surface area contributed by atoms with E-state index in [0.29, 0.717) is 5.75 Å². The highest BCUT2D eigenvalue weighted by atomic mass is 16.6. The van der Waals surface area contributed by atoms with Crippen molar-refractivity contribution < 1.29 is 4.84 Å². The van der Waals surface area contributed by atoms with E-state index in [4.69, 9.17) is 4.84 Å². The van der Waals surface area contributed by atoms with Crippen LogP contribution in [0.2, 0.25) is 0 Å². The third-order valence-electron chi connectivity index (χ3n) is 1.19. The van der Waals surface area contributed by atoms with Crippen LogP contribution in [0.25, 0.3) is 6.08 Å². The van der Waals surface area contributed by atoms with Gasteiger partial charge in [-0.05, 0) is 6.08 Å². The lowest BCUT2D eigenvalue weighted by molar-refractivity contribution is 0.236. The molecule has 0 spiro atoms. The number of hydrogen-bond acceptors (Lipinski definition) is 4. The molecule has 0 aliphatic carbocycles. The minimum atomic E-state index is 0.657. The molecule has 0 atom stereocenters. The van der Waals surface area contributed by atoms with Gasteiger partial charge in [0.25, 0.3) is 0 Å². The summed E-state index contributed by atoms with van der Waals surface area (Å²) in [6.07, 6.45) is 6.59. The number of aromatic nitrogens is 2. The first-order valence-corrected chi connectivity index (χ1v) is 2.86. The van der Waals surface area contributed by atoms with Gasteiger partial charge in [0, 0.05) is 6.20 Å². The summed E-state index contributed by atoms with van der Waals surface area (Å²) in [5, 5.41) is 0. The number of nitrogens with zero attached hydrogens (tertiary/aromatic N) is 2. The second-order valence-corrected chi connectivity index (χ2v) is 1.83. The quantitative estimate of drug-likeness (QED) is 0.557. The van der Waals surface area contributed by atoms with Crippen molar-refractivity contribution in [1.29, 1.82) is 0 Å². The summed E-state index contributed by atoms with van der Waals surface area (Å²) in [5.41, 5.74) is 3.38. The molecular weight excluding hydrogens is 130 g/mol. The van der Waals surface area contributed by atoms with E-state index in [-0.39, 0.29) is 0 Å². The number of hydroxylamine groups is 1. The molecule has 1 aromatic heterocycles. The molecule has 0 saturated carbocycles. The summed E-state index contributed by atoms with van der Waals surface area (Å²) in [7, 11) is 0. The molecular formula is C6H5N3O. The Labute approximate surface area is 57.5 Å². The molecule has 1 aliphatic heterocycles. The van der Waals surface area contributed by atoms with Crippen LogP contribution in [0.15, 0.2) is 18.7 Å². The van der Waals surface area contributed by atoms with Gasteiger partial charge in [0.1, 0.15) is 12.0 Å². The van der Waals surface area contributed by atoms with Gasteiger partial charge in [-0.25, -0.2) is 15.4 Å². The predicted molar refractivity (Wildman–Crippen MR) is 34.8 cm³/mol. The Morgan fingerprint density at radius 2 is 2.50 bits per heavy atom. The van der Waals surface area contributed by atoms with E-state index in [2.05, 4.69) is 15.4 Å². The van der Waals surface area contributed by atoms with E-state index in [9.17, 15) is 0 Å². The van der Waals surface area contributed by atoms with E-state index >= 15 is 0 Å². The van der Waals surface area contributed by atoms with Crippen molar-refractivity contribution in [3.63, 3.8) is 0 Å². The zero-order chi connectivity index (χ0) is 6.81. The molecule has 0 saturated heterocycles. The number of rotatable bonds is 0. The second kappa shape index (κ2) is 1.98. The van der Waals surface area contributed by atoms with Gasteiger partial charge in [0.2, 0.25) is 0 Å². The average Bonchev–Trinajstić information content (AvgIpc) is 2.05. The molecule has 2 rings (SSSR count). The monoisotopic (exact) mass is 135 g/mol. The Bertz CT molecular complexity index is 271. The Kier molecular flexibility index (Phi) is 1.04. The zero-order valence-electron chi connectivity index (χ0n) is 5.11. The fraction of sp³-hybridized carbons (Fsp3) is 0. The van der Waals surface area contributed by atoms with Gasteiger partial charge < -0.3 is 4.84 Å². The maximum absolute atomic E-state index is 4.96. The largest absolute Gasteiger partial charge is 0.379 e. The van der Waals surface area contributed by atoms with Crippen molar-refractivity contribution in [3.05, 3.63) is 24.4 Å². The lowest BCUT2D eigenvalue weighted by atomic mass is 10.3. The summed E-state index contributed by atoms with van der Waals surface area (Å²) in [5.74, 6) is 0.657. The van der Waals surface area contributed by atoms with Gasteiger partial charge in [0.05, 0.1) is 6.20 Å². The van der Waals surface area contributed by atoms with Gasteiger partial charge in [-0.15, -0.1) is 0 Å². The molecule has 0 radical (unpaired) electrons. The van der Waals surface area contributed by atoms with Crippen molar-refractivity contribution in [2.24, 2.45) is 0 Å². The first-order chi connectivity index (χ1) is 4.97. The Hall–Kier alpha value is -1.58. The summed E-state index contributed by atoms with van der Waals surface area (Å²) in [6, 6.07) is 0. The van der Waals surface area contributed by atoms with Gasteiger partial charge in [-0.2, -0.15) is 0 Å². The minimum absolute atomic E-state index is 0.657. The van der Waals surface area contributed by atoms with Crippen LogP contribution in [0.5, 0.6) is 5.75 Å². The highest BCUT2D eigenvalue weighted by Crippen LogP contribution is 2.16. The smallest absolute Gasteiger partial charge is 0.198 e. The maximum Gasteiger partial charge on any atom is 0.198 e. The molecule has 10 heavy (non-hydrogen) atoms. The molecule has 4 heteroatoms. The van der Waals surface area contributed by atoms with Crippen LogP contribution in [0.4, 0.5) is 0 Å². The molecule has 50 valence electrons. The zero-order valence-corrected chi connectivity index (χ0v) is 5.11. The molecule has 1 aliphatic rings. The standard InChI is InChI=1S/C6H5N3O/c1-2-9-10-6-3-7-4-8-5(1)6/h1-4,9H. The summed E-state index contributed by atoms with van der Waals surface area (Å²) in [4.78, 5) is 12.7. The number of nitrogens with one attached hydrogen (secondary N) is 1. The highest BCUT2D eigenvalue weighted by molar-refractivity contribution is 5.52. The topological polar surface area (TPSA) is 47.0 Å². The predicted octanol–water partition coefficient (Wildman–Crippen LogP) is 0.344. The fourth-order valence-electron chi connectivity index (χ4n) is 0.741. The van der Waals surface area contributed by atoms with Gasteiger partial charge in [-0.1, -0.05) is 0 Å². The van der Waals surface area contributed by atoms with Crippen molar-refractivity contribution >= 4 is 6.08 Å². The first-order valence-electron chi connectivity index (χ1n) is 2.86. The van der Waals surface area contributed by atoms with E-state index < -0.39 is 0 Å². The third-order valence-corrected chi connectivity index (χ3v) is 1.19. The van der Waals surface area contributed by atoms with Crippen molar-refractivity contribution in [3.8, 4) is 5.75 Å². The van der Waals surface area contributed by atoms with Crippen LogP contribution in [-0.2, 0) is 0 Å². The van der Waals surface area contributed by atoms with Gasteiger partial charge in [-0.3, -0.25) is 0 Å². The molecule has 0 fully saturated rings.